The highest BCUT2D eigenvalue weighted by Crippen LogP contribution is 2.43. The van der Waals surface area contributed by atoms with Crippen LogP contribution in [0.1, 0.15) is 38.0 Å². The number of hydrogen-bond donors (Lipinski definition) is 0. The first-order valence-electron chi connectivity index (χ1n) is 9.21. The molecule has 154 valence electrons. The molecule has 4 atom stereocenters. The molecule has 1 aliphatic heterocycles. The summed E-state index contributed by atoms with van der Waals surface area (Å²) in [5.41, 5.74) is 0.227. The van der Waals surface area contributed by atoms with E-state index in [9.17, 15) is 4.79 Å². The van der Waals surface area contributed by atoms with Gasteiger partial charge in [0.2, 0.25) is 5.95 Å². The Morgan fingerprint density at radius 3 is 2.96 bits per heavy atom. The van der Waals surface area contributed by atoms with Crippen molar-refractivity contribution < 1.29 is 13.8 Å². The van der Waals surface area contributed by atoms with Gasteiger partial charge in [0.25, 0.3) is 5.56 Å². The van der Waals surface area contributed by atoms with Crippen molar-refractivity contribution in [3.63, 3.8) is 0 Å². The normalized spacial score (nSPS) is 23.1. The Hall–Kier alpha value is -1.85. The molecule has 0 bridgehead atoms. The summed E-state index contributed by atoms with van der Waals surface area (Å²) in [5.74, 6) is 0.300. The van der Waals surface area contributed by atoms with E-state index in [1.54, 1.807) is 28.9 Å². The summed E-state index contributed by atoms with van der Waals surface area (Å²) in [6.45, 7) is 6.00. The van der Waals surface area contributed by atoms with E-state index in [1.807, 2.05) is 27.7 Å². The minimum Gasteiger partial charge on any atom is -0.369 e. The Morgan fingerprint density at radius 2 is 2.32 bits per heavy atom. The van der Waals surface area contributed by atoms with Gasteiger partial charge in [0, 0.05) is 38.9 Å². The number of aryl methyl sites for hydroxylation is 1. The second kappa shape index (κ2) is 10.6. The largest absolute Gasteiger partial charge is 0.369 e. The van der Waals surface area contributed by atoms with Gasteiger partial charge < -0.3 is 18.7 Å². The van der Waals surface area contributed by atoms with Crippen LogP contribution in [0.5, 0.6) is 0 Å². The predicted octanol–water partition coefficient (Wildman–Crippen LogP) is 2.73. The zero-order valence-electron chi connectivity index (χ0n) is 17.0. The minimum atomic E-state index is -1.10. The third-order valence-electron chi connectivity index (χ3n) is 4.17. The van der Waals surface area contributed by atoms with Crippen LogP contribution in [0.2, 0.25) is 0 Å². The molecule has 0 radical (unpaired) electrons. The maximum atomic E-state index is 12.0. The van der Waals surface area contributed by atoms with Gasteiger partial charge in [-0.15, -0.1) is 0 Å². The van der Waals surface area contributed by atoms with Crippen LogP contribution in [0.15, 0.2) is 16.0 Å². The Balaban J connectivity index is 2.18. The van der Waals surface area contributed by atoms with Crippen LogP contribution in [-0.4, -0.2) is 60.4 Å². The van der Waals surface area contributed by atoms with E-state index in [-0.39, 0.29) is 24.0 Å². The van der Waals surface area contributed by atoms with Gasteiger partial charge in [-0.1, -0.05) is 6.92 Å². The number of rotatable bonds is 9. The van der Waals surface area contributed by atoms with Crippen molar-refractivity contribution in [3.05, 3.63) is 22.1 Å². The number of hydrogen-bond acceptors (Lipinski definition) is 7. The fraction of sp³-hybridized carbons (Fsp3) is 0.667. The van der Waals surface area contributed by atoms with Crippen molar-refractivity contribution in [1.29, 1.82) is 5.26 Å². The Morgan fingerprint density at radius 1 is 1.57 bits per heavy atom. The van der Waals surface area contributed by atoms with Crippen molar-refractivity contribution in [1.82, 2.24) is 14.5 Å². The van der Waals surface area contributed by atoms with Gasteiger partial charge in [-0.05, 0) is 13.3 Å². The van der Waals surface area contributed by atoms with Gasteiger partial charge in [0.15, 0.2) is 8.38 Å². The topological polar surface area (TPSA) is 102 Å². The Bertz CT molecular complexity index is 776. The van der Waals surface area contributed by atoms with Gasteiger partial charge in [-0.25, -0.2) is 4.99 Å². The third kappa shape index (κ3) is 6.08. The van der Waals surface area contributed by atoms with Gasteiger partial charge in [-0.2, -0.15) is 10.2 Å². The second-order valence-electron chi connectivity index (χ2n) is 6.74. The first kappa shape index (κ1) is 22.4. The molecule has 10 heteroatoms. The monoisotopic (exact) mass is 409 g/mol. The molecule has 2 rings (SSSR count). The summed E-state index contributed by atoms with van der Waals surface area (Å²) in [7, 11) is 2.59. The molecule has 1 fully saturated rings. The quantitative estimate of drug-likeness (QED) is 0.267. The van der Waals surface area contributed by atoms with E-state index >= 15 is 0 Å². The van der Waals surface area contributed by atoms with Crippen molar-refractivity contribution >= 4 is 20.7 Å². The molecule has 0 amide bonds. The average Bonchev–Trinajstić information content (AvgIpc) is 3.05. The molecule has 2 heterocycles. The van der Waals surface area contributed by atoms with Crippen LogP contribution in [-0.2, 0) is 13.8 Å². The summed E-state index contributed by atoms with van der Waals surface area (Å²) in [5, 5.41) is 8.62. The molecule has 0 aliphatic carbocycles. The zero-order valence-corrected chi connectivity index (χ0v) is 17.9. The third-order valence-corrected chi connectivity index (χ3v) is 5.28. The van der Waals surface area contributed by atoms with Gasteiger partial charge >= 0.3 is 0 Å². The lowest BCUT2D eigenvalue weighted by Gasteiger charge is -2.20. The summed E-state index contributed by atoms with van der Waals surface area (Å²) in [6.07, 6.45) is 4.48. The van der Waals surface area contributed by atoms with Crippen molar-refractivity contribution in [2.45, 2.75) is 51.5 Å². The average molecular weight is 409 g/mol. The summed E-state index contributed by atoms with van der Waals surface area (Å²) in [6, 6.07) is 2.05. The molecule has 9 nitrogen and oxygen atoms in total. The first-order chi connectivity index (χ1) is 13.3. The Kier molecular flexibility index (Phi) is 8.52. The smallest absolute Gasteiger partial charge is 0.277 e. The van der Waals surface area contributed by atoms with Crippen LogP contribution < -0.4 is 5.56 Å². The summed E-state index contributed by atoms with van der Waals surface area (Å²) >= 11 is 0. The number of nitriles is 1. The molecule has 1 aliphatic rings. The molecule has 0 spiro atoms. The molecule has 0 saturated carbocycles. The van der Waals surface area contributed by atoms with Crippen molar-refractivity contribution in [2.24, 2.45) is 4.99 Å². The highest BCUT2D eigenvalue weighted by atomic mass is 31.2. The highest BCUT2D eigenvalue weighted by molar-refractivity contribution is 7.46. The Labute approximate surface area is 166 Å². The lowest BCUT2D eigenvalue weighted by molar-refractivity contribution is -0.0159. The fourth-order valence-corrected chi connectivity index (χ4v) is 3.83. The standard InChI is InChI=1S/C18H28N5O4P/c1-6-14-15(27-28(5)25-9-7-8-19)10-16(26-14)23-11-13(2)17(24)21-18(23)20-12-22(3)4/h11-12,14-16H,6-7,9-10H2,1-5H3/t14-,15-,16-,28?/m1/s1. The second-order valence-corrected chi connectivity index (χ2v) is 8.09. The molecule has 28 heavy (non-hydrogen) atoms. The van der Waals surface area contributed by atoms with E-state index in [0.717, 1.165) is 6.42 Å². The maximum Gasteiger partial charge on any atom is 0.277 e. The number of nitrogens with zero attached hydrogens (tertiary/aromatic N) is 5. The lowest BCUT2D eigenvalue weighted by atomic mass is 10.1. The van der Waals surface area contributed by atoms with E-state index in [2.05, 4.69) is 16.0 Å². The van der Waals surface area contributed by atoms with Crippen LogP contribution in [0.25, 0.3) is 0 Å². The molecule has 1 aromatic heterocycles. The highest BCUT2D eigenvalue weighted by Gasteiger charge is 2.38. The first-order valence-corrected chi connectivity index (χ1v) is 10.8. The fourth-order valence-electron chi connectivity index (χ4n) is 2.82. The molecule has 0 N–H and O–H groups in total. The number of aliphatic imine (C=N–C) groups is 1. The molecule has 1 unspecified atom stereocenters. The molecular weight excluding hydrogens is 381 g/mol. The number of ether oxygens (including phenoxy) is 1. The van der Waals surface area contributed by atoms with E-state index in [4.69, 9.17) is 19.0 Å². The van der Waals surface area contributed by atoms with E-state index in [1.165, 1.54) is 0 Å². The van der Waals surface area contributed by atoms with Crippen LogP contribution in [0.3, 0.4) is 0 Å². The zero-order chi connectivity index (χ0) is 20.7. The van der Waals surface area contributed by atoms with E-state index in [0.29, 0.717) is 31.0 Å². The summed E-state index contributed by atoms with van der Waals surface area (Å²) < 4.78 is 19.6. The van der Waals surface area contributed by atoms with Crippen LogP contribution >= 0.6 is 8.38 Å². The van der Waals surface area contributed by atoms with Crippen LogP contribution in [0.4, 0.5) is 5.95 Å². The van der Waals surface area contributed by atoms with Crippen LogP contribution in [0, 0.1) is 18.3 Å². The molecule has 1 saturated heterocycles. The van der Waals surface area contributed by atoms with Gasteiger partial charge in [-0.3, -0.25) is 9.36 Å². The van der Waals surface area contributed by atoms with Gasteiger partial charge in [0.05, 0.1) is 37.6 Å². The lowest BCUT2D eigenvalue weighted by Crippen LogP contribution is -2.22. The molecule has 1 aromatic rings. The molecular formula is C18H28N5O4P. The minimum absolute atomic E-state index is 0.0973. The number of aromatic nitrogens is 2. The van der Waals surface area contributed by atoms with Crippen molar-refractivity contribution in [2.75, 3.05) is 27.4 Å². The van der Waals surface area contributed by atoms with Gasteiger partial charge in [0.1, 0.15) is 6.23 Å². The van der Waals surface area contributed by atoms with Crippen molar-refractivity contribution in [3.8, 4) is 6.07 Å². The van der Waals surface area contributed by atoms with E-state index < -0.39 is 8.38 Å². The predicted molar refractivity (Wildman–Crippen MR) is 108 cm³/mol. The SMILES string of the molecule is CC[C@H]1O[C@@H](n2cc(C)c(=O)nc2N=CN(C)C)C[C@H]1OP(C)OCCC#N. The summed E-state index contributed by atoms with van der Waals surface area (Å²) in [4.78, 5) is 22.2. The maximum absolute atomic E-state index is 12.0. The molecule has 0 aromatic carbocycles.